The van der Waals surface area contributed by atoms with Gasteiger partial charge in [0.15, 0.2) is 16.6 Å². The Bertz CT molecular complexity index is 949. The molecule has 0 bridgehead atoms. The summed E-state index contributed by atoms with van der Waals surface area (Å²) in [5, 5.41) is 16.2. The van der Waals surface area contributed by atoms with E-state index in [4.69, 9.17) is 33.3 Å². The first-order valence-corrected chi connectivity index (χ1v) is 8.58. The monoisotopic (exact) mass is 421 g/mol. The second kappa shape index (κ2) is 9.67. The molecule has 0 saturated carbocycles. The number of nitrogens with one attached hydrogen (secondary N) is 2. The maximum Gasteiger partial charge on any atom is 0.294 e. The summed E-state index contributed by atoms with van der Waals surface area (Å²) in [6.45, 7) is 0. The summed E-state index contributed by atoms with van der Waals surface area (Å²) in [6, 6.07) is 9.22. The van der Waals surface area contributed by atoms with E-state index in [2.05, 4.69) is 10.6 Å². The Labute approximate surface area is 171 Å². The number of hydrogen-bond donors (Lipinski definition) is 2. The van der Waals surface area contributed by atoms with Crippen LogP contribution < -0.4 is 20.1 Å². The number of benzene rings is 2. The summed E-state index contributed by atoms with van der Waals surface area (Å²) < 4.78 is 10.3. The zero-order chi connectivity index (χ0) is 20.7. The molecule has 0 aliphatic heterocycles. The quantitative estimate of drug-likeness (QED) is 0.316. The highest BCUT2D eigenvalue weighted by Gasteiger charge is 2.15. The largest absolute Gasteiger partial charge is 0.493 e. The van der Waals surface area contributed by atoms with Crippen molar-refractivity contribution in [2.45, 2.75) is 0 Å². The third-order valence-electron chi connectivity index (χ3n) is 3.48. The summed E-state index contributed by atoms with van der Waals surface area (Å²) >= 11 is 10.8. The van der Waals surface area contributed by atoms with Gasteiger partial charge in [0.25, 0.3) is 5.69 Å². The van der Waals surface area contributed by atoms with Crippen molar-refractivity contribution < 1.29 is 19.2 Å². The van der Waals surface area contributed by atoms with Gasteiger partial charge in [-0.1, -0.05) is 17.7 Å². The van der Waals surface area contributed by atoms with Crippen molar-refractivity contribution in [3.05, 3.63) is 63.2 Å². The molecule has 146 valence electrons. The first kappa shape index (κ1) is 21.1. The van der Waals surface area contributed by atoms with E-state index in [1.165, 1.54) is 38.5 Å². The number of methoxy groups -OCH3 is 2. The number of halogens is 1. The van der Waals surface area contributed by atoms with E-state index >= 15 is 0 Å². The topological polar surface area (TPSA) is 103 Å². The summed E-state index contributed by atoms with van der Waals surface area (Å²) in [5.41, 5.74) is 0.563. The molecule has 2 rings (SSSR count). The van der Waals surface area contributed by atoms with Crippen LogP contribution in [0.5, 0.6) is 11.5 Å². The second-order valence-corrected chi connectivity index (χ2v) is 6.15. The number of rotatable bonds is 6. The molecular weight excluding hydrogens is 406 g/mol. The third-order valence-corrected chi connectivity index (χ3v) is 3.92. The van der Waals surface area contributed by atoms with Crippen molar-refractivity contribution in [3.8, 4) is 11.5 Å². The van der Waals surface area contributed by atoms with Gasteiger partial charge in [-0.3, -0.25) is 20.2 Å². The van der Waals surface area contributed by atoms with Crippen molar-refractivity contribution in [2.24, 2.45) is 0 Å². The Balaban J connectivity index is 2.02. The molecule has 0 aromatic heterocycles. The Morgan fingerprint density at radius 1 is 1.18 bits per heavy atom. The van der Waals surface area contributed by atoms with E-state index < -0.39 is 10.8 Å². The minimum atomic E-state index is -0.602. The maximum absolute atomic E-state index is 12.0. The van der Waals surface area contributed by atoms with E-state index in [0.717, 1.165) is 0 Å². The Morgan fingerprint density at radius 3 is 2.54 bits per heavy atom. The fourth-order valence-electron chi connectivity index (χ4n) is 2.20. The van der Waals surface area contributed by atoms with Crippen LogP contribution >= 0.6 is 23.8 Å². The van der Waals surface area contributed by atoms with Crippen molar-refractivity contribution >= 4 is 52.3 Å². The van der Waals surface area contributed by atoms with Crippen molar-refractivity contribution in [2.75, 3.05) is 19.5 Å². The van der Waals surface area contributed by atoms with E-state index in [-0.39, 0.29) is 21.5 Å². The molecule has 0 spiro atoms. The molecule has 2 N–H and O–H groups in total. The SMILES string of the molecule is COc1ccc(C=CC(=O)NC(=S)Nc2ccc(Cl)cc2[N+](=O)[O-])cc1OC. The minimum absolute atomic E-state index is 0.0904. The van der Waals surface area contributed by atoms with Gasteiger partial charge in [-0.05, 0) is 48.1 Å². The zero-order valence-corrected chi connectivity index (χ0v) is 16.5. The number of ether oxygens (including phenoxy) is 2. The molecule has 2 aromatic rings. The van der Waals surface area contributed by atoms with E-state index in [1.807, 2.05) is 0 Å². The molecule has 1 amide bonds. The van der Waals surface area contributed by atoms with Crippen LogP contribution in [-0.2, 0) is 4.79 Å². The number of anilines is 1. The first-order chi connectivity index (χ1) is 13.3. The Hall–Kier alpha value is -3.17. The van der Waals surface area contributed by atoms with Gasteiger partial charge in [-0.15, -0.1) is 0 Å². The number of nitro groups is 1. The summed E-state index contributed by atoms with van der Waals surface area (Å²) in [7, 11) is 3.04. The Kier molecular flexibility index (Phi) is 7.30. The van der Waals surface area contributed by atoms with Gasteiger partial charge in [0, 0.05) is 17.2 Å². The van der Waals surface area contributed by atoms with Crippen LogP contribution in [0.1, 0.15) is 5.56 Å². The number of hydrogen-bond acceptors (Lipinski definition) is 6. The molecule has 0 aliphatic carbocycles. The fraction of sp³-hybridized carbons (Fsp3) is 0.111. The smallest absolute Gasteiger partial charge is 0.294 e. The molecular formula is C18H16ClN3O5S. The molecule has 28 heavy (non-hydrogen) atoms. The van der Waals surface area contributed by atoms with Gasteiger partial charge in [0.2, 0.25) is 5.91 Å². The number of amides is 1. The lowest BCUT2D eigenvalue weighted by atomic mass is 10.2. The predicted molar refractivity (Wildman–Crippen MR) is 111 cm³/mol. The lowest BCUT2D eigenvalue weighted by Gasteiger charge is -2.09. The van der Waals surface area contributed by atoms with Crippen molar-refractivity contribution in [1.29, 1.82) is 0 Å². The van der Waals surface area contributed by atoms with Gasteiger partial charge in [-0.2, -0.15) is 0 Å². The molecule has 2 aromatic carbocycles. The van der Waals surface area contributed by atoms with Crippen LogP contribution in [0.15, 0.2) is 42.5 Å². The summed E-state index contributed by atoms with van der Waals surface area (Å²) in [4.78, 5) is 22.5. The van der Waals surface area contributed by atoms with Crippen LogP contribution in [0.3, 0.4) is 0 Å². The lowest BCUT2D eigenvalue weighted by molar-refractivity contribution is -0.383. The first-order valence-electron chi connectivity index (χ1n) is 7.80. The molecule has 0 unspecified atom stereocenters. The molecule has 0 heterocycles. The van der Waals surface area contributed by atoms with Crippen LogP contribution in [0.4, 0.5) is 11.4 Å². The van der Waals surface area contributed by atoms with Gasteiger partial charge >= 0.3 is 0 Å². The molecule has 10 heteroatoms. The minimum Gasteiger partial charge on any atom is -0.493 e. The maximum atomic E-state index is 12.0. The molecule has 0 atom stereocenters. The fourth-order valence-corrected chi connectivity index (χ4v) is 2.57. The van der Waals surface area contributed by atoms with Gasteiger partial charge in [0.1, 0.15) is 5.69 Å². The van der Waals surface area contributed by atoms with Crippen LogP contribution in [0.2, 0.25) is 5.02 Å². The molecule has 0 fully saturated rings. The van der Waals surface area contributed by atoms with Gasteiger partial charge in [-0.25, -0.2) is 0 Å². The number of thiocarbonyl (C=S) groups is 1. The number of carbonyl (C=O) groups excluding carboxylic acids is 1. The summed E-state index contributed by atoms with van der Waals surface area (Å²) in [6.07, 6.45) is 2.83. The Morgan fingerprint density at radius 2 is 1.89 bits per heavy atom. The average Bonchev–Trinajstić information content (AvgIpc) is 2.67. The van der Waals surface area contributed by atoms with Gasteiger partial charge < -0.3 is 14.8 Å². The highest BCUT2D eigenvalue weighted by Crippen LogP contribution is 2.28. The van der Waals surface area contributed by atoms with Crippen LogP contribution in [-0.4, -0.2) is 30.2 Å². The number of carbonyl (C=O) groups is 1. The normalized spacial score (nSPS) is 10.4. The predicted octanol–water partition coefficient (Wildman–Crippen LogP) is 3.79. The molecule has 8 nitrogen and oxygen atoms in total. The van der Waals surface area contributed by atoms with E-state index in [1.54, 1.807) is 24.3 Å². The van der Waals surface area contributed by atoms with Crippen molar-refractivity contribution in [3.63, 3.8) is 0 Å². The van der Waals surface area contributed by atoms with Crippen LogP contribution in [0.25, 0.3) is 6.08 Å². The molecule has 0 radical (unpaired) electrons. The average molecular weight is 422 g/mol. The highest BCUT2D eigenvalue weighted by molar-refractivity contribution is 7.80. The standard InChI is InChI=1S/C18H16ClN3O5S/c1-26-15-7-3-11(9-16(15)27-2)4-8-17(23)21-18(28)20-13-6-5-12(19)10-14(13)22(24)25/h3-10H,1-2H3,(H2,20,21,23,28). The molecule has 0 saturated heterocycles. The lowest BCUT2D eigenvalue weighted by Crippen LogP contribution is -2.33. The molecule has 0 aliphatic rings. The van der Waals surface area contributed by atoms with Crippen molar-refractivity contribution in [1.82, 2.24) is 5.32 Å². The number of nitrogens with zero attached hydrogens (tertiary/aromatic N) is 1. The van der Waals surface area contributed by atoms with Gasteiger partial charge in [0.05, 0.1) is 19.1 Å². The van der Waals surface area contributed by atoms with E-state index in [9.17, 15) is 14.9 Å². The van der Waals surface area contributed by atoms with E-state index in [0.29, 0.717) is 17.1 Å². The van der Waals surface area contributed by atoms with Crippen LogP contribution in [0, 0.1) is 10.1 Å². The third kappa shape index (κ3) is 5.66. The second-order valence-electron chi connectivity index (χ2n) is 5.31. The summed E-state index contributed by atoms with van der Waals surface area (Å²) in [5.74, 6) is 0.584. The highest BCUT2D eigenvalue weighted by atomic mass is 35.5. The zero-order valence-electron chi connectivity index (χ0n) is 14.9. The number of nitro benzene ring substituents is 1.